The van der Waals surface area contributed by atoms with Crippen molar-refractivity contribution in [2.45, 2.75) is 26.8 Å². The monoisotopic (exact) mass is 286 g/mol. The molecule has 0 heterocycles. The lowest BCUT2D eigenvalue weighted by Gasteiger charge is -2.20. The molecule has 2 aromatic rings. The third kappa shape index (κ3) is 3.60. The van der Waals surface area contributed by atoms with Crippen molar-refractivity contribution in [2.24, 2.45) is 5.73 Å². The van der Waals surface area contributed by atoms with Crippen molar-refractivity contribution >= 4 is 11.6 Å². The SMILES string of the molecule is Cc1cc(F)cc(NC(C(N)=O)c2cc(C)ccc2C)c1. The Kier molecular flexibility index (Phi) is 4.26. The number of nitrogens with two attached hydrogens (primary N) is 1. The van der Waals surface area contributed by atoms with Gasteiger partial charge in [-0.25, -0.2) is 4.39 Å². The number of amides is 1. The summed E-state index contributed by atoms with van der Waals surface area (Å²) in [6.07, 6.45) is 0. The highest BCUT2D eigenvalue weighted by Crippen LogP contribution is 2.24. The summed E-state index contributed by atoms with van der Waals surface area (Å²) in [7, 11) is 0. The molecule has 2 aromatic carbocycles. The van der Waals surface area contributed by atoms with Crippen LogP contribution in [-0.2, 0) is 4.79 Å². The summed E-state index contributed by atoms with van der Waals surface area (Å²) >= 11 is 0. The van der Waals surface area contributed by atoms with E-state index in [4.69, 9.17) is 5.73 Å². The number of nitrogens with one attached hydrogen (secondary N) is 1. The fraction of sp³-hybridized carbons (Fsp3) is 0.235. The van der Waals surface area contributed by atoms with Crippen LogP contribution in [-0.4, -0.2) is 5.91 Å². The van der Waals surface area contributed by atoms with Crippen LogP contribution in [0.15, 0.2) is 36.4 Å². The van der Waals surface area contributed by atoms with E-state index >= 15 is 0 Å². The average molecular weight is 286 g/mol. The molecule has 3 nitrogen and oxygen atoms in total. The van der Waals surface area contributed by atoms with Gasteiger partial charge in [-0.1, -0.05) is 23.8 Å². The van der Waals surface area contributed by atoms with E-state index in [1.807, 2.05) is 32.0 Å². The number of aryl methyl sites for hydroxylation is 3. The first kappa shape index (κ1) is 15.0. The number of carbonyl (C=O) groups is 1. The second-order valence-electron chi connectivity index (χ2n) is 5.36. The third-order valence-corrected chi connectivity index (χ3v) is 3.38. The maximum atomic E-state index is 13.5. The zero-order valence-electron chi connectivity index (χ0n) is 12.4. The van der Waals surface area contributed by atoms with Crippen LogP contribution in [0.3, 0.4) is 0 Å². The predicted octanol–water partition coefficient (Wildman–Crippen LogP) is 3.39. The number of carbonyl (C=O) groups excluding carboxylic acids is 1. The molecule has 110 valence electrons. The molecule has 1 unspecified atom stereocenters. The van der Waals surface area contributed by atoms with E-state index in [0.717, 1.165) is 22.3 Å². The number of halogens is 1. The molecule has 0 aliphatic heterocycles. The van der Waals surface area contributed by atoms with Crippen molar-refractivity contribution in [3.8, 4) is 0 Å². The summed E-state index contributed by atoms with van der Waals surface area (Å²) in [6.45, 7) is 5.67. The lowest BCUT2D eigenvalue weighted by atomic mass is 9.98. The van der Waals surface area contributed by atoms with Gasteiger partial charge in [-0.05, 0) is 55.7 Å². The number of primary amides is 1. The van der Waals surface area contributed by atoms with Gasteiger partial charge in [0, 0.05) is 5.69 Å². The smallest absolute Gasteiger partial charge is 0.244 e. The summed E-state index contributed by atoms with van der Waals surface area (Å²) in [5.74, 6) is -0.840. The first-order valence-corrected chi connectivity index (χ1v) is 6.77. The predicted molar refractivity (Wildman–Crippen MR) is 82.6 cm³/mol. The maximum Gasteiger partial charge on any atom is 0.244 e. The topological polar surface area (TPSA) is 55.1 Å². The van der Waals surface area contributed by atoms with Crippen LogP contribution in [0.5, 0.6) is 0 Å². The Hall–Kier alpha value is -2.36. The van der Waals surface area contributed by atoms with Gasteiger partial charge in [-0.3, -0.25) is 4.79 Å². The van der Waals surface area contributed by atoms with Gasteiger partial charge in [0.25, 0.3) is 0 Å². The lowest BCUT2D eigenvalue weighted by molar-refractivity contribution is -0.118. The Morgan fingerprint density at radius 1 is 1.10 bits per heavy atom. The van der Waals surface area contributed by atoms with Gasteiger partial charge in [-0.15, -0.1) is 0 Å². The zero-order chi connectivity index (χ0) is 15.6. The molecule has 0 aliphatic carbocycles. The van der Waals surface area contributed by atoms with Crippen LogP contribution in [0.1, 0.15) is 28.3 Å². The van der Waals surface area contributed by atoms with Crippen molar-refractivity contribution in [2.75, 3.05) is 5.32 Å². The molecule has 0 spiro atoms. The lowest BCUT2D eigenvalue weighted by Crippen LogP contribution is -2.28. The van der Waals surface area contributed by atoms with Crippen molar-refractivity contribution in [3.05, 3.63) is 64.5 Å². The number of anilines is 1. The van der Waals surface area contributed by atoms with Crippen LogP contribution in [0.4, 0.5) is 10.1 Å². The van der Waals surface area contributed by atoms with Crippen LogP contribution in [0, 0.1) is 26.6 Å². The zero-order valence-corrected chi connectivity index (χ0v) is 12.4. The number of rotatable bonds is 4. The molecule has 0 radical (unpaired) electrons. The summed E-state index contributed by atoms with van der Waals surface area (Å²) in [5, 5.41) is 3.03. The number of benzene rings is 2. The summed E-state index contributed by atoms with van der Waals surface area (Å²) < 4.78 is 13.5. The van der Waals surface area contributed by atoms with Gasteiger partial charge in [0.2, 0.25) is 5.91 Å². The third-order valence-electron chi connectivity index (χ3n) is 3.38. The number of hydrogen-bond acceptors (Lipinski definition) is 2. The first-order valence-electron chi connectivity index (χ1n) is 6.77. The minimum Gasteiger partial charge on any atom is -0.370 e. The molecule has 0 aromatic heterocycles. The van der Waals surface area contributed by atoms with E-state index in [2.05, 4.69) is 5.32 Å². The molecule has 2 rings (SSSR count). The minimum atomic E-state index is -0.689. The van der Waals surface area contributed by atoms with Crippen molar-refractivity contribution in [3.63, 3.8) is 0 Å². The van der Waals surface area contributed by atoms with Crippen molar-refractivity contribution in [1.82, 2.24) is 0 Å². The quantitative estimate of drug-likeness (QED) is 0.905. The molecule has 0 saturated heterocycles. The Morgan fingerprint density at radius 3 is 2.43 bits per heavy atom. The van der Waals surface area contributed by atoms with E-state index < -0.39 is 11.9 Å². The van der Waals surface area contributed by atoms with Crippen LogP contribution in [0.2, 0.25) is 0 Å². The van der Waals surface area contributed by atoms with Gasteiger partial charge >= 0.3 is 0 Å². The molecule has 1 atom stereocenters. The van der Waals surface area contributed by atoms with E-state index in [-0.39, 0.29) is 5.82 Å². The molecule has 3 N–H and O–H groups in total. The Balaban J connectivity index is 2.40. The van der Waals surface area contributed by atoms with E-state index in [9.17, 15) is 9.18 Å². The highest BCUT2D eigenvalue weighted by molar-refractivity contribution is 5.85. The molecular formula is C17H19FN2O. The van der Waals surface area contributed by atoms with Crippen LogP contribution in [0.25, 0.3) is 0 Å². The molecule has 0 aliphatic rings. The van der Waals surface area contributed by atoms with Gasteiger partial charge < -0.3 is 11.1 Å². The van der Waals surface area contributed by atoms with Gasteiger partial charge in [-0.2, -0.15) is 0 Å². The maximum absolute atomic E-state index is 13.5. The second-order valence-corrected chi connectivity index (χ2v) is 5.36. The van der Waals surface area contributed by atoms with Crippen LogP contribution < -0.4 is 11.1 Å². The molecule has 21 heavy (non-hydrogen) atoms. The fourth-order valence-corrected chi connectivity index (χ4v) is 2.36. The normalized spacial score (nSPS) is 12.0. The first-order chi connectivity index (χ1) is 9.86. The Labute approximate surface area is 124 Å². The van der Waals surface area contributed by atoms with Gasteiger partial charge in [0.05, 0.1) is 0 Å². The summed E-state index contributed by atoms with van der Waals surface area (Å²) in [4.78, 5) is 11.8. The second kappa shape index (κ2) is 5.95. The average Bonchev–Trinajstić information content (AvgIpc) is 2.37. The van der Waals surface area contributed by atoms with Crippen molar-refractivity contribution in [1.29, 1.82) is 0 Å². The van der Waals surface area contributed by atoms with E-state index in [1.54, 1.807) is 13.0 Å². The Bertz CT molecular complexity index is 662. The van der Waals surface area contributed by atoms with Gasteiger partial charge in [0.1, 0.15) is 11.9 Å². The van der Waals surface area contributed by atoms with Crippen LogP contribution >= 0.6 is 0 Å². The molecule has 4 heteroatoms. The summed E-state index contributed by atoms with van der Waals surface area (Å²) in [5.41, 5.74) is 9.65. The van der Waals surface area contributed by atoms with E-state index in [1.165, 1.54) is 12.1 Å². The number of hydrogen-bond donors (Lipinski definition) is 2. The molecular weight excluding hydrogens is 267 g/mol. The summed E-state index contributed by atoms with van der Waals surface area (Å²) in [6, 6.07) is 9.72. The fourth-order valence-electron chi connectivity index (χ4n) is 2.36. The standard InChI is InChI=1S/C17H19FN2O/c1-10-4-5-12(3)15(8-10)16(17(19)21)20-14-7-11(2)6-13(18)9-14/h4-9,16,20H,1-3H3,(H2,19,21). The van der Waals surface area contributed by atoms with Crippen molar-refractivity contribution < 1.29 is 9.18 Å². The highest BCUT2D eigenvalue weighted by atomic mass is 19.1. The minimum absolute atomic E-state index is 0.346. The molecule has 1 amide bonds. The Morgan fingerprint density at radius 2 is 1.81 bits per heavy atom. The molecule has 0 fully saturated rings. The van der Waals surface area contributed by atoms with Gasteiger partial charge in [0.15, 0.2) is 0 Å². The largest absolute Gasteiger partial charge is 0.370 e. The molecule has 0 saturated carbocycles. The molecule has 0 bridgehead atoms. The highest BCUT2D eigenvalue weighted by Gasteiger charge is 2.20. The van der Waals surface area contributed by atoms with E-state index in [0.29, 0.717) is 5.69 Å².